The fourth-order valence-electron chi connectivity index (χ4n) is 2.33. The second-order valence-corrected chi connectivity index (χ2v) is 4.31. The van der Waals surface area contributed by atoms with Crippen molar-refractivity contribution < 1.29 is 9.53 Å². The van der Waals surface area contributed by atoms with Crippen molar-refractivity contribution in [3.63, 3.8) is 0 Å². The van der Waals surface area contributed by atoms with E-state index >= 15 is 0 Å². The van der Waals surface area contributed by atoms with Gasteiger partial charge in [0.15, 0.2) is 0 Å². The third-order valence-electron chi connectivity index (χ3n) is 3.19. The van der Waals surface area contributed by atoms with E-state index in [9.17, 15) is 4.79 Å². The molecule has 0 saturated carbocycles. The Bertz CT molecular complexity index is 389. The summed E-state index contributed by atoms with van der Waals surface area (Å²) < 4.78 is 4.84. The molecule has 1 saturated heterocycles. The zero-order chi connectivity index (χ0) is 11.5. The minimum atomic E-state index is -0.114. The van der Waals surface area contributed by atoms with Gasteiger partial charge in [-0.25, -0.2) is 0 Å². The van der Waals surface area contributed by atoms with Crippen LogP contribution in [0.5, 0.6) is 0 Å². The molecule has 2 rings (SSSR count). The molecular weight excluding hydrogens is 202 g/mol. The van der Waals surface area contributed by atoms with Crippen molar-refractivity contribution in [3.05, 3.63) is 35.4 Å². The molecule has 2 atom stereocenters. The van der Waals surface area contributed by atoms with E-state index in [1.165, 1.54) is 18.2 Å². The maximum atomic E-state index is 11.6. The summed E-state index contributed by atoms with van der Waals surface area (Å²) >= 11 is 0. The maximum absolute atomic E-state index is 11.6. The quantitative estimate of drug-likeness (QED) is 0.765. The van der Waals surface area contributed by atoms with Gasteiger partial charge < -0.3 is 10.1 Å². The van der Waals surface area contributed by atoms with Crippen LogP contribution in [-0.4, -0.2) is 26.2 Å². The lowest BCUT2D eigenvalue weighted by atomic mass is 9.88. The number of nitrogens with one attached hydrogen (secondary N) is 1. The van der Waals surface area contributed by atoms with Gasteiger partial charge in [-0.15, -0.1) is 0 Å². The fraction of sp³-hybridized carbons (Fsp3) is 0.462. The lowest BCUT2D eigenvalue weighted by Gasteiger charge is -2.17. The fourth-order valence-corrected chi connectivity index (χ4v) is 2.33. The number of methoxy groups -OCH3 is 1. The zero-order valence-electron chi connectivity index (χ0n) is 9.69. The standard InChI is InChI=1S/C13H17NO2/c1-9-4-3-5-10(6-9)11-7-14-8-12(11)13(15)16-2/h3-6,11-12,14H,7-8H2,1-2H3/t11-,12-/m0/s1. The van der Waals surface area contributed by atoms with E-state index in [1.807, 2.05) is 6.07 Å². The lowest BCUT2D eigenvalue weighted by Crippen LogP contribution is -2.22. The molecule has 86 valence electrons. The molecule has 1 aromatic carbocycles. The Morgan fingerprint density at radius 2 is 2.25 bits per heavy atom. The third kappa shape index (κ3) is 2.09. The van der Waals surface area contributed by atoms with Crippen LogP contribution in [0.1, 0.15) is 17.0 Å². The largest absolute Gasteiger partial charge is 0.469 e. The van der Waals surface area contributed by atoms with Crippen molar-refractivity contribution in [1.82, 2.24) is 5.32 Å². The molecule has 1 N–H and O–H groups in total. The molecule has 1 aromatic rings. The van der Waals surface area contributed by atoms with Crippen molar-refractivity contribution in [2.24, 2.45) is 5.92 Å². The number of hydrogen-bond donors (Lipinski definition) is 1. The Morgan fingerprint density at radius 1 is 1.44 bits per heavy atom. The van der Waals surface area contributed by atoms with Crippen LogP contribution in [0.4, 0.5) is 0 Å². The molecule has 0 radical (unpaired) electrons. The van der Waals surface area contributed by atoms with Gasteiger partial charge in [-0.3, -0.25) is 4.79 Å². The molecule has 1 fully saturated rings. The summed E-state index contributed by atoms with van der Waals surface area (Å²) in [6.07, 6.45) is 0. The molecule has 1 aliphatic rings. The molecular formula is C13H17NO2. The van der Waals surface area contributed by atoms with Gasteiger partial charge >= 0.3 is 5.97 Å². The van der Waals surface area contributed by atoms with Crippen molar-refractivity contribution >= 4 is 5.97 Å². The smallest absolute Gasteiger partial charge is 0.310 e. The molecule has 3 nitrogen and oxygen atoms in total. The average Bonchev–Trinajstić information content (AvgIpc) is 2.77. The molecule has 3 heteroatoms. The number of carbonyl (C=O) groups is 1. The summed E-state index contributed by atoms with van der Waals surface area (Å²) in [4.78, 5) is 11.6. The number of esters is 1. The molecule has 16 heavy (non-hydrogen) atoms. The Hall–Kier alpha value is -1.35. The van der Waals surface area contributed by atoms with Gasteiger partial charge in [-0.1, -0.05) is 29.8 Å². The number of ether oxygens (including phenoxy) is 1. The number of rotatable bonds is 2. The number of aryl methyl sites for hydroxylation is 1. The first-order valence-corrected chi connectivity index (χ1v) is 5.57. The number of benzene rings is 1. The van der Waals surface area contributed by atoms with Gasteiger partial charge in [0.2, 0.25) is 0 Å². The summed E-state index contributed by atoms with van der Waals surface area (Å²) in [5, 5.41) is 3.25. The molecule has 0 amide bonds. The van der Waals surface area contributed by atoms with E-state index in [0.717, 1.165) is 6.54 Å². The predicted molar refractivity (Wildman–Crippen MR) is 62.3 cm³/mol. The van der Waals surface area contributed by atoms with E-state index < -0.39 is 0 Å². The lowest BCUT2D eigenvalue weighted by molar-refractivity contribution is -0.145. The summed E-state index contributed by atoms with van der Waals surface area (Å²) in [6, 6.07) is 8.34. The zero-order valence-corrected chi connectivity index (χ0v) is 9.69. The molecule has 0 unspecified atom stereocenters. The van der Waals surface area contributed by atoms with Crippen molar-refractivity contribution in [1.29, 1.82) is 0 Å². The monoisotopic (exact) mass is 219 g/mol. The molecule has 1 aliphatic heterocycles. The number of hydrogen-bond acceptors (Lipinski definition) is 3. The SMILES string of the molecule is COC(=O)[C@H]1CNC[C@H]1c1cccc(C)c1. The topological polar surface area (TPSA) is 38.3 Å². The van der Waals surface area contributed by atoms with Gasteiger partial charge in [0.25, 0.3) is 0 Å². The van der Waals surface area contributed by atoms with Crippen LogP contribution in [0.25, 0.3) is 0 Å². The first-order chi connectivity index (χ1) is 7.72. The first kappa shape index (κ1) is 11.1. The summed E-state index contributed by atoms with van der Waals surface area (Å²) in [5.41, 5.74) is 2.45. The Labute approximate surface area is 95.8 Å². The van der Waals surface area contributed by atoms with Gasteiger partial charge in [0.1, 0.15) is 0 Å². The van der Waals surface area contributed by atoms with Crippen LogP contribution in [0.15, 0.2) is 24.3 Å². The van der Waals surface area contributed by atoms with Crippen molar-refractivity contribution in [3.8, 4) is 0 Å². The van der Waals surface area contributed by atoms with Gasteiger partial charge in [0.05, 0.1) is 13.0 Å². The van der Waals surface area contributed by atoms with Crippen LogP contribution < -0.4 is 5.32 Å². The highest BCUT2D eigenvalue weighted by molar-refractivity contribution is 5.74. The Morgan fingerprint density at radius 3 is 2.94 bits per heavy atom. The summed E-state index contributed by atoms with van der Waals surface area (Å²) in [6.45, 7) is 3.63. The van der Waals surface area contributed by atoms with E-state index in [0.29, 0.717) is 6.54 Å². The molecule has 0 aliphatic carbocycles. The van der Waals surface area contributed by atoms with Crippen molar-refractivity contribution in [2.75, 3.05) is 20.2 Å². The van der Waals surface area contributed by atoms with Crippen LogP contribution in [0.3, 0.4) is 0 Å². The first-order valence-electron chi connectivity index (χ1n) is 5.57. The second kappa shape index (κ2) is 4.66. The van der Waals surface area contributed by atoms with Crippen LogP contribution in [-0.2, 0) is 9.53 Å². The van der Waals surface area contributed by atoms with E-state index in [1.54, 1.807) is 0 Å². The normalized spacial score (nSPS) is 24.4. The van der Waals surface area contributed by atoms with E-state index in [-0.39, 0.29) is 17.8 Å². The highest BCUT2D eigenvalue weighted by atomic mass is 16.5. The summed E-state index contributed by atoms with van der Waals surface area (Å²) in [5.74, 6) is 0.0793. The highest BCUT2D eigenvalue weighted by Gasteiger charge is 2.34. The third-order valence-corrected chi connectivity index (χ3v) is 3.19. The Kier molecular flexibility index (Phi) is 3.25. The molecule has 0 aromatic heterocycles. The van der Waals surface area contributed by atoms with Crippen LogP contribution >= 0.6 is 0 Å². The van der Waals surface area contributed by atoms with E-state index in [2.05, 4.69) is 30.4 Å². The minimum Gasteiger partial charge on any atom is -0.469 e. The molecule has 1 heterocycles. The summed E-state index contributed by atoms with van der Waals surface area (Å²) in [7, 11) is 1.45. The molecule has 0 bridgehead atoms. The van der Waals surface area contributed by atoms with Gasteiger partial charge in [0, 0.05) is 19.0 Å². The maximum Gasteiger partial charge on any atom is 0.310 e. The Balaban J connectivity index is 2.23. The number of carbonyl (C=O) groups excluding carboxylic acids is 1. The van der Waals surface area contributed by atoms with Gasteiger partial charge in [-0.2, -0.15) is 0 Å². The minimum absolute atomic E-state index is 0.0493. The second-order valence-electron chi connectivity index (χ2n) is 4.31. The van der Waals surface area contributed by atoms with E-state index in [4.69, 9.17) is 4.74 Å². The highest BCUT2D eigenvalue weighted by Crippen LogP contribution is 2.29. The van der Waals surface area contributed by atoms with Crippen molar-refractivity contribution in [2.45, 2.75) is 12.8 Å². The predicted octanol–water partition coefficient (Wildman–Crippen LogP) is 1.47. The average molecular weight is 219 g/mol. The van der Waals surface area contributed by atoms with Crippen LogP contribution in [0, 0.1) is 12.8 Å². The van der Waals surface area contributed by atoms with Crippen LogP contribution in [0.2, 0.25) is 0 Å². The van der Waals surface area contributed by atoms with Gasteiger partial charge in [-0.05, 0) is 12.5 Å². The molecule has 0 spiro atoms.